The zero-order chi connectivity index (χ0) is 11.6. The van der Waals surface area contributed by atoms with Crippen LogP contribution in [0, 0.1) is 5.92 Å². The molecule has 0 saturated heterocycles. The third-order valence-electron chi connectivity index (χ3n) is 2.12. The Morgan fingerprint density at radius 1 is 1.14 bits per heavy atom. The van der Waals surface area contributed by atoms with Gasteiger partial charge in [-0.15, -0.1) is 0 Å². The molecule has 0 heterocycles. The summed E-state index contributed by atoms with van der Waals surface area (Å²) < 4.78 is 0. The van der Waals surface area contributed by atoms with E-state index in [2.05, 4.69) is 31.6 Å². The van der Waals surface area contributed by atoms with E-state index in [1.165, 1.54) is 30.8 Å². The maximum absolute atomic E-state index is 7.33. The van der Waals surface area contributed by atoms with E-state index in [4.69, 9.17) is 19.2 Å². The van der Waals surface area contributed by atoms with E-state index in [0.717, 1.165) is 5.92 Å². The molecular weight excluding hydrogens is 195 g/mol. The molecular formula is C8H21LiO4Si. The van der Waals surface area contributed by atoms with Gasteiger partial charge >= 0.3 is 77.3 Å². The van der Waals surface area contributed by atoms with E-state index in [1.54, 1.807) is 0 Å². The fourth-order valence-electron chi connectivity index (χ4n) is 1.19. The summed E-state index contributed by atoms with van der Waals surface area (Å²) in [6.45, 7) is 4.56. The molecule has 0 saturated carbocycles. The molecule has 1 atom stereocenters. The molecule has 0 aliphatic heterocycles. The SMILES string of the molecule is O[Si](O)(O)O.[Li][CH2]C(CC)CCCC. The van der Waals surface area contributed by atoms with Crippen LogP contribution >= 0.6 is 0 Å². The standard InChI is InChI=1S/C8H17.Li.H4O4Si/c1-4-6-7-8(3)5-2;;1-5(2,3)4/h8H,3-7H2,1-2H3;;1-4H. The summed E-state index contributed by atoms with van der Waals surface area (Å²) >= 11 is 2.30. The Bertz CT molecular complexity index is 108. The molecule has 0 amide bonds. The van der Waals surface area contributed by atoms with Crippen molar-refractivity contribution in [3.8, 4) is 0 Å². The summed E-state index contributed by atoms with van der Waals surface area (Å²) in [5.74, 6) is 1.00. The molecule has 82 valence electrons. The van der Waals surface area contributed by atoms with Gasteiger partial charge in [0.2, 0.25) is 0 Å². The number of hydrogen-bond donors (Lipinski definition) is 4. The van der Waals surface area contributed by atoms with E-state index >= 15 is 0 Å². The van der Waals surface area contributed by atoms with Crippen LogP contribution in [0.15, 0.2) is 0 Å². The molecule has 0 aromatic heterocycles. The van der Waals surface area contributed by atoms with E-state index in [0.29, 0.717) is 0 Å². The van der Waals surface area contributed by atoms with Gasteiger partial charge < -0.3 is 19.2 Å². The first-order valence-electron chi connectivity index (χ1n) is 5.24. The van der Waals surface area contributed by atoms with E-state index in [9.17, 15) is 0 Å². The van der Waals surface area contributed by atoms with Crippen molar-refractivity contribution in [2.75, 3.05) is 0 Å². The summed E-state index contributed by atoms with van der Waals surface area (Å²) in [6, 6.07) is 0. The van der Waals surface area contributed by atoms with Gasteiger partial charge in [0, 0.05) is 0 Å². The van der Waals surface area contributed by atoms with Gasteiger partial charge in [0.15, 0.2) is 0 Å². The van der Waals surface area contributed by atoms with Crippen LogP contribution < -0.4 is 0 Å². The van der Waals surface area contributed by atoms with Crippen molar-refractivity contribution < 1.29 is 19.2 Å². The molecule has 0 rings (SSSR count). The Labute approximate surface area is 96.7 Å². The minimum absolute atomic E-state index is 1.00. The summed E-state index contributed by atoms with van der Waals surface area (Å²) in [6.07, 6.45) is 5.60. The number of hydrogen-bond acceptors (Lipinski definition) is 4. The topological polar surface area (TPSA) is 80.9 Å². The molecule has 0 bridgehead atoms. The van der Waals surface area contributed by atoms with E-state index in [-0.39, 0.29) is 0 Å². The molecule has 0 aliphatic carbocycles. The second-order valence-corrected chi connectivity index (χ2v) is 4.62. The van der Waals surface area contributed by atoms with Crippen LogP contribution in [0.3, 0.4) is 0 Å². The zero-order valence-electron chi connectivity index (χ0n) is 9.40. The summed E-state index contributed by atoms with van der Waals surface area (Å²) in [7, 11) is -4.61. The molecule has 1 unspecified atom stereocenters. The van der Waals surface area contributed by atoms with Crippen molar-refractivity contribution in [2.45, 2.75) is 44.6 Å². The molecule has 0 spiro atoms. The minimum atomic E-state index is -4.61. The van der Waals surface area contributed by atoms with Crippen LogP contribution in [-0.4, -0.2) is 45.9 Å². The average Bonchev–Trinajstić information content (AvgIpc) is 2.04. The predicted octanol–water partition coefficient (Wildman–Crippen LogP) is 0.181. The Kier molecular flexibility index (Phi) is 12.4. The molecule has 6 heteroatoms. The first-order valence-corrected chi connectivity index (χ1v) is 7.03. The summed E-state index contributed by atoms with van der Waals surface area (Å²) in [4.78, 5) is 29.3. The second-order valence-electron chi connectivity index (χ2n) is 3.42. The molecule has 0 aromatic carbocycles. The molecule has 0 radical (unpaired) electrons. The van der Waals surface area contributed by atoms with Gasteiger partial charge in [0.05, 0.1) is 0 Å². The monoisotopic (exact) mass is 216 g/mol. The Morgan fingerprint density at radius 2 is 1.57 bits per heavy atom. The van der Waals surface area contributed by atoms with Crippen molar-refractivity contribution in [1.29, 1.82) is 0 Å². The number of rotatable bonds is 5. The van der Waals surface area contributed by atoms with Gasteiger partial charge in [-0.3, -0.25) is 0 Å². The van der Waals surface area contributed by atoms with Crippen LogP contribution in [0.4, 0.5) is 0 Å². The average molecular weight is 216 g/mol. The van der Waals surface area contributed by atoms with Crippen LogP contribution in [0.25, 0.3) is 0 Å². The van der Waals surface area contributed by atoms with Gasteiger partial charge in [-0.2, -0.15) is 0 Å². The fourth-order valence-corrected chi connectivity index (χ4v) is 1.19. The zero-order valence-corrected chi connectivity index (χ0v) is 10.4. The van der Waals surface area contributed by atoms with Crippen molar-refractivity contribution in [3.05, 3.63) is 0 Å². The van der Waals surface area contributed by atoms with Crippen LogP contribution in [-0.2, 0) is 0 Å². The van der Waals surface area contributed by atoms with Crippen LogP contribution in [0.1, 0.15) is 39.5 Å². The normalized spacial score (nSPS) is 13.1. The molecule has 0 fully saturated rings. The maximum atomic E-state index is 7.33. The van der Waals surface area contributed by atoms with Crippen molar-refractivity contribution in [3.63, 3.8) is 0 Å². The first-order chi connectivity index (χ1) is 6.35. The quantitative estimate of drug-likeness (QED) is 0.494. The summed E-state index contributed by atoms with van der Waals surface area (Å²) in [5, 5.41) is 1.37. The Hall–Kier alpha value is 0.654. The van der Waals surface area contributed by atoms with Crippen molar-refractivity contribution in [2.24, 2.45) is 5.92 Å². The van der Waals surface area contributed by atoms with Gasteiger partial charge in [-0.05, 0) is 0 Å². The molecule has 4 nitrogen and oxygen atoms in total. The summed E-state index contributed by atoms with van der Waals surface area (Å²) in [5.41, 5.74) is 0. The van der Waals surface area contributed by atoms with Gasteiger partial charge in [-0.25, -0.2) is 0 Å². The molecule has 0 aliphatic rings. The third kappa shape index (κ3) is 22.9. The van der Waals surface area contributed by atoms with Crippen LogP contribution in [0.5, 0.6) is 0 Å². The molecule has 4 N–H and O–H groups in total. The van der Waals surface area contributed by atoms with Crippen LogP contribution in [0.2, 0.25) is 5.09 Å². The number of unbranched alkanes of at least 4 members (excludes halogenated alkanes) is 1. The van der Waals surface area contributed by atoms with Gasteiger partial charge in [0.1, 0.15) is 0 Å². The Morgan fingerprint density at radius 3 is 1.79 bits per heavy atom. The fraction of sp³-hybridized carbons (Fsp3) is 1.00. The van der Waals surface area contributed by atoms with E-state index < -0.39 is 9.05 Å². The van der Waals surface area contributed by atoms with Gasteiger partial charge in [0.25, 0.3) is 0 Å². The molecule has 0 aromatic rings. The van der Waals surface area contributed by atoms with Crippen molar-refractivity contribution >= 4 is 26.8 Å². The molecule has 14 heavy (non-hydrogen) atoms. The van der Waals surface area contributed by atoms with E-state index in [1.807, 2.05) is 0 Å². The predicted molar refractivity (Wildman–Crippen MR) is 58.5 cm³/mol. The Balaban J connectivity index is 0. The van der Waals surface area contributed by atoms with Gasteiger partial charge in [-0.1, -0.05) is 0 Å². The first kappa shape index (κ1) is 17.1. The second kappa shape index (κ2) is 10.2. The third-order valence-corrected chi connectivity index (χ3v) is 2.12. The van der Waals surface area contributed by atoms with Crippen molar-refractivity contribution in [1.82, 2.24) is 0 Å².